The van der Waals surface area contributed by atoms with Gasteiger partial charge in [-0.05, 0) is 48.7 Å². The van der Waals surface area contributed by atoms with Gasteiger partial charge in [0.1, 0.15) is 0 Å². The van der Waals surface area contributed by atoms with Crippen molar-refractivity contribution >= 4 is 52.3 Å². The molecular weight excluding hydrogens is 851 g/mol. The van der Waals surface area contributed by atoms with Gasteiger partial charge in [0.25, 0.3) is 0 Å². The molecule has 3 unspecified atom stereocenters. The van der Waals surface area contributed by atoms with Gasteiger partial charge >= 0.3 is 0 Å². The van der Waals surface area contributed by atoms with Gasteiger partial charge in [0.2, 0.25) is 7.29 Å². The van der Waals surface area contributed by atoms with Crippen molar-refractivity contribution in [3.8, 4) is 0 Å². The van der Waals surface area contributed by atoms with Gasteiger partial charge in [-0.25, -0.2) is 9.52 Å². The summed E-state index contributed by atoms with van der Waals surface area (Å²) in [6, 6.07) is 60.0. The van der Waals surface area contributed by atoms with Crippen molar-refractivity contribution in [2.45, 2.75) is 40.0 Å². The van der Waals surface area contributed by atoms with Crippen LogP contribution < -0.4 is 31.5 Å². The van der Waals surface area contributed by atoms with Crippen LogP contribution in [0.2, 0.25) is 0 Å². The van der Waals surface area contributed by atoms with E-state index in [4.69, 9.17) is 4.52 Å². The zero-order valence-electron chi connectivity index (χ0n) is 30.9. The summed E-state index contributed by atoms with van der Waals surface area (Å²) in [6.07, 6.45) is -1.46. The van der Waals surface area contributed by atoms with Crippen molar-refractivity contribution in [2.75, 3.05) is 5.01 Å². The van der Waals surface area contributed by atoms with Crippen LogP contribution in [0.5, 0.6) is 0 Å². The zero-order valence-corrected chi connectivity index (χ0v) is 34.9. The van der Waals surface area contributed by atoms with E-state index in [-0.39, 0.29) is 49.9 Å². The van der Waals surface area contributed by atoms with Gasteiger partial charge in [-0.3, -0.25) is 4.57 Å². The number of nitrogens with zero attached hydrogens (tertiary/aromatic N) is 3. The molecule has 0 amide bonds. The van der Waals surface area contributed by atoms with E-state index in [1.165, 1.54) is 0 Å². The molecule has 1 aliphatic rings. The number of rotatable bonds is 8. The van der Waals surface area contributed by atoms with E-state index in [2.05, 4.69) is 41.5 Å². The van der Waals surface area contributed by atoms with Crippen molar-refractivity contribution in [1.29, 1.82) is 0 Å². The van der Waals surface area contributed by atoms with E-state index < -0.39 is 26.7 Å². The number of aliphatic hydroxyl groups excluding tert-OH is 2. The molecule has 0 aromatic heterocycles. The molecule has 1 radical (unpaired) electrons. The monoisotopic (exact) mass is 898 g/mol. The number of hydrogen-bond acceptors (Lipinski definition) is 5. The predicted molar refractivity (Wildman–Crippen MR) is 224 cm³/mol. The quantitative estimate of drug-likeness (QED) is 0.151. The van der Waals surface area contributed by atoms with Gasteiger partial charge in [-0.1, -0.05) is 166 Å². The molecule has 6 nitrogen and oxygen atoms in total. The van der Waals surface area contributed by atoms with E-state index >= 15 is 4.57 Å². The minimum Gasteiger partial charge on any atom is -0.392 e. The Balaban J connectivity index is 0.000000239. The fraction of sp³-hybridized carbons (Fsp3) is 0.178. The summed E-state index contributed by atoms with van der Waals surface area (Å²) in [5, 5.41) is 31.6. The van der Waals surface area contributed by atoms with Gasteiger partial charge < -0.3 is 10.2 Å². The Labute approximate surface area is 350 Å². The van der Waals surface area contributed by atoms with Crippen LogP contribution in [0.4, 0.5) is 5.69 Å². The van der Waals surface area contributed by atoms with Gasteiger partial charge in [0.15, 0.2) is 6.23 Å². The first-order valence-electron chi connectivity index (χ1n) is 17.8. The summed E-state index contributed by atoms with van der Waals surface area (Å²) in [5.41, 5.74) is 1.30. The minimum absolute atomic E-state index is 0. The van der Waals surface area contributed by atoms with E-state index in [1.807, 2.05) is 173 Å². The number of benzene rings is 6. The summed E-state index contributed by atoms with van der Waals surface area (Å²) in [6.45, 7) is 7.74. The third-order valence-electron chi connectivity index (χ3n) is 9.43. The smallest absolute Gasteiger partial charge is 0.247 e. The number of hydrogen-bond donors (Lipinski definition) is 2. The van der Waals surface area contributed by atoms with Crippen molar-refractivity contribution in [3.05, 3.63) is 182 Å². The number of para-hydroxylation sites is 1. The molecule has 7 rings (SSSR count). The summed E-state index contributed by atoms with van der Waals surface area (Å²) in [7, 11) is -6.01. The minimum atomic E-state index is -3.37. The largest absolute Gasteiger partial charge is 0.392 e. The molecule has 0 saturated carbocycles. The topological polar surface area (TPSA) is 85.5 Å². The van der Waals surface area contributed by atoms with Gasteiger partial charge in [-0.2, -0.15) is 5.10 Å². The molecule has 0 aliphatic carbocycles. The maximum Gasteiger partial charge on any atom is 0.247 e. The van der Waals surface area contributed by atoms with E-state index in [0.717, 1.165) is 37.9 Å². The average molecular weight is 899 g/mol. The zero-order chi connectivity index (χ0) is 37.5. The van der Waals surface area contributed by atoms with Crippen LogP contribution in [0, 0.1) is 49.9 Å². The van der Waals surface area contributed by atoms with Crippen LogP contribution in [-0.2, 0) is 4.57 Å². The molecule has 0 spiro atoms. The van der Waals surface area contributed by atoms with Crippen LogP contribution >= 0.6 is 14.3 Å². The standard InChI is InChI=1S/C30H25NOP2.C15H22N2O2.Tb/c32-34(29-22-12-4-13-23-29,30-24-14-5-15-25-30)31-33(26-16-6-1-7-17-26,27-18-8-2-9-19-27)28-20-10-3-11-21-28;1-10-12(13(18)15(2,3)4)14(19)17(16-10)11-8-6-5-7-9-11;/h1-25H;5-9,12-14,18-19H,1-4H3;. The molecule has 279 valence electrons. The predicted octanol–water partition coefficient (Wildman–Crippen LogP) is 8.32. The Kier molecular flexibility index (Phi) is 14.2. The molecule has 54 heavy (non-hydrogen) atoms. The first-order chi connectivity index (χ1) is 25.6. The molecule has 0 fully saturated rings. The number of aliphatic hydroxyl groups is 2. The Bertz CT molecular complexity index is 2060. The van der Waals surface area contributed by atoms with Crippen molar-refractivity contribution in [1.82, 2.24) is 0 Å². The van der Waals surface area contributed by atoms with Crippen molar-refractivity contribution in [3.63, 3.8) is 0 Å². The Morgan fingerprint density at radius 1 is 0.593 bits per heavy atom. The second kappa shape index (κ2) is 18.4. The van der Waals surface area contributed by atoms with Crippen LogP contribution in [0.1, 0.15) is 27.7 Å². The summed E-state index contributed by atoms with van der Waals surface area (Å²) in [4.78, 5) is 0. The first-order valence-corrected chi connectivity index (χ1v) is 21.2. The molecular formula is C45H47N3O3P2Tb. The maximum atomic E-state index is 15.2. The second-order valence-electron chi connectivity index (χ2n) is 14.2. The third kappa shape index (κ3) is 8.94. The van der Waals surface area contributed by atoms with Crippen molar-refractivity contribution < 1.29 is 53.4 Å². The van der Waals surface area contributed by atoms with Crippen LogP contribution in [0.25, 0.3) is 0 Å². The summed E-state index contributed by atoms with van der Waals surface area (Å²) >= 11 is 0. The maximum absolute atomic E-state index is 15.2. The molecule has 6 aromatic carbocycles. The molecule has 0 bridgehead atoms. The molecule has 0 saturated heterocycles. The summed E-state index contributed by atoms with van der Waals surface area (Å²) in [5.74, 6) is -0.361. The van der Waals surface area contributed by atoms with E-state index in [9.17, 15) is 10.2 Å². The van der Waals surface area contributed by atoms with Gasteiger partial charge in [0.05, 0.1) is 24.8 Å². The summed E-state index contributed by atoms with van der Waals surface area (Å²) < 4.78 is 20.8. The normalized spacial score (nSPS) is 16.3. The van der Waals surface area contributed by atoms with E-state index in [0.29, 0.717) is 0 Å². The third-order valence-corrected chi connectivity index (χ3v) is 16.6. The van der Waals surface area contributed by atoms with Crippen LogP contribution in [0.3, 0.4) is 0 Å². The van der Waals surface area contributed by atoms with Crippen LogP contribution in [0.15, 0.2) is 192 Å². The Hall–Kier alpha value is -3.54. The van der Waals surface area contributed by atoms with Gasteiger partial charge in [0, 0.05) is 70.8 Å². The van der Waals surface area contributed by atoms with Crippen molar-refractivity contribution in [2.24, 2.45) is 20.9 Å². The molecule has 9 heteroatoms. The fourth-order valence-electron chi connectivity index (χ4n) is 6.62. The molecule has 6 aromatic rings. The first kappa shape index (κ1) is 41.6. The number of hydrazone groups is 1. The molecule has 1 heterocycles. The average Bonchev–Trinajstić information content (AvgIpc) is 3.51. The molecule has 3 atom stereocenters. The Morgan fingerprint density at radius 3 is 1.24 bits per heavy atom. The Morgan fingerprint density at radius 2 is 0.907 bits per heavy atom. The number of anilines is 1. The SMILES string of the molecule is CC1=NN(c2ccccc2)C(O)C1C(O)C(C)(C)C.O=P(N=P(c1ccccc1)(c1ccccc1)c1ccccc1)(c1ccccc1)c1ccccc1.[Tb]. The molecule has 1 aliphatic heterocycles. The van der Waals surface area contributed by atoms with Gasteiger partial charge in [-0.15, -0.1) is 0 Å². The second-order valence-corrected chi connectivity index (χ2v) is 19.9. The van der Waals surface area contributed by atoms with Crippen LogP contribution in [-0.4, -0.2) is 28.3 Å². The fourth-order valence-corrected chi connectivity index (χ4v) is 14.4. The molecule has 2 N–H and O–H groups in total. The van der Waals surface area contributed by atoms with E-state index in [1.54, 1.807) is 5.01 Å².